The van der Waals surface area contributed by atoms with E-state index in [-0.39, 0.29) is 0 Å². The number of fused-ring (bicyclic) bond motifs is 1. The van der Waals surface area contributed by atoms with Crippen molar-refractivity contribution in [2.24, 2.45) is 0 Å². The minimum Gasteiger partial charge on any atom is -0.355 e. The van der Waals surface area contributed by atoms with Crippen LogP contribution in [-0.2, 0) is 4.79 Å². The predicted octanol–water partition coefficient (Wildman–Crippen LogP) is 5.19. The molecule has 3 aromatic carbocycles. The van der Waals surface area contributed by atoms with E-state index in [9.17, 15) is 4.79 Å². The summed E-state index contributed by atoms with van der Waals surface area (Å²) in [5, 5.41) is 5.82. The van der Waals surface area contributed by atoms with Gasteiger partial charge in [0.05, 0.1) is 0 Å². The van der Waals surface area contributed by atoms with Crippen LogP contribution in [0.4, 0.5) is 11.4 Å². The SMILES string of the molecule is C/C=C(/C=O)c1cccc(Nc2cccc3ccccc23)c1. The fourth-order valence-corrected chi connectivity index (χ4v) is 2.57. The molecule has 108 valence electrons. The third-order valence-electron chi connectivity index (χ3n) is 3.70. The Labute approximate surface area is 130 Å². The normalized spacial score (nSPS) is 11.4. The Bertz CT molecular complexity index is 844. The van der Waals surface area contributed by atoms with Crippen LogP contribution in [0.2, 0.25) is 0 Å². The number of nitrogens with one attached hydrogen (secondary N) is 1. The van der Waals surface area contributed by atoms with E-state index in [1.165, 1.54) is 10.8 Å². The molecule has 0 aliphatic carbocycles. The van der Waals surface area contributed by atoms with Crippen molar-refractivity contribution < 1.29 is 4.79 Å². The van der Waals surface area contributed by atoms with Crippen molar-refractivity contribution in [1.82, 2.24) is 0 Å². The van der Waals surface area contributed by atoms with Crippen LogP contribution in [0.25, 0.3) is 16.3 Å². The number of hydrogen-bond acceptors (Lipinski definition) is 2. The molecule has 0 fully saturated rings. The molecule has 0 atom stereocenters. The Kier molecular flexibility index (Phi) is 4.01. The summed E-state index contributed by atoms with van der Waals surface area (Å²) in [7, 11) is 0. The van der Waals surface area contributed by atoms with Gasteiger partial charge < -0.3 is 5.32 Å². The molecule has 0 bridgehead atoms. The first-order valence-corrected chi connectivity index (χ1v) is 7.28. The fourth-order valence-electron chi connectivity index (χ4n) is 2.57. The van der Waals surface area contributed by atoms with E-state index in [1.54, 1.807) is 0 Å². The van der Waals surface area contributed by atoms with Crippen LogP contribution in [-0.4, -0.2) is 6.29 Å². The van der Waals surface area contributed by atoms with Crippen molar-refractivity contribution in [1.29, 1.82) is 0 Å². The zero-order valence-corrected chi connectivity index (χ0v) is 12.4. The van der Waals surface area contributed by atoms with Gasteiger partial charge in [0.1, 0.15) is 6.29 Å². The second kappa shape index (κ2) is 6.27. The van der Waals surface area contributed by atoms with Gasteiger partial charge in [-0.3, -0.25) is 4.79 Å². The summed E-state index contributed by atoms with van der Waals surface area (Å²) in [6.07, 6.45) is 2.71. The summed E-state index contributed by atoms with van der Waals surface area (Å²) in [5.74, 6) is 0. The van der Waals surface area contributed by atoms with Crippen molar-refractivity contribution in [3.63, 3.8) is 0 Å². The number of benzene rings is 3. The maximum absolute atomic E-state index is 11.1. The van der Waals surface area contributed by atoms with E-state index in [0.29, 0.717) is 5.57 Å². The lowest BCUT2D eigenvalue weighted by Gasteiger charge is -2.11. The van der Waals surface area contributed by atoms with Gasteiger partial charge in [0, 0.05) is 22.3 Å². The maximum atomic E-state index is 11.1. The lowest BCUT2D eigenvalue weighted by molar-refractivity contribution is -0.103. The van der Waals surface area contributed by atoms with Gasteiger partial charge in [0.2, 0.25) is 0 Å². The van der Waals surface area contributed by atoms with Crippen molar-refractivity contribution in [3.05, 3.63) is 78.4 Å². The van der Waals surface area contributed by atoms with Crippen LogP contribution in [0, 0.1) is 0 Å². The van der Waals surface area contributed by atoms with Gasteiger partial charge in [-0.1, -0.05) is 54.6 Å². The average Bonchev–Trinajstić information content (AvgIpc) is 2.57. The van der Waals surface area contributed by atoms with Gasteiger partial charge in [0.15, 0.2) is 0 Å². The summed E-state index contributed by atoms with van der Waals surface area (Å²) in [5.41, 5.74) is 3.64. The highest BCUT2D eigenvalue weighted by Gasteiger charge is 2.03. The molecule has 0 spiro atoms. The smallest absolute Gasteiger partial charge is 0.150 e. The summed E-state index contributed by atoms with van der Waals surface area (Å²) >= 11 is 0. The molecule has 0 unspecified atom stereocenters. The number of aldehydes is 1. The number of anilines is 2. The van der Waals surface area contributed by atoms with E-state index >= 15 is 0 Å². The van der Waals surface area contributed by atoms with Gasteiger partial charge in [-0.05, 0) is 36.1 Å². The number of carbonyl (C=O) groups is 1. The second-order valence-corrected chi connectivity index (χ2v) is 5.09. The molecule has 2 heteroatoms. The molecule has 0 saturated carbocycles. The largest absolute Gasteiger partial charge is 0.355 e. The van der Waals surface area contributed by atoms with Crippen LogP contribution in [0.5, 0.6) is 0 Å². The molecule has 0 aliphatic heterocycles. The lowest BCUT2D eigenvalue weighted by Crippen LogP contribution is -1.93. The molecule has 1 N–H and O–H groups in total. The van der Waals surface area contributed by atoms with Crippen molar-refractivity contribution >= 4 is 34.0 Å². The van der Waals surface area contributed by atoms with Crippen molar-refractivity contribution in [3.8, 4) is 0 Å². The van der Waals surface area contributed by atoms with Gasteiger partial charge in [-0.25, -0.2) is 0 Å². The van der Waals surface area contributed by atoms with E-state index in [4.69, 9.17) is 0 Å². The Morgan fingerprint density at radius 2 is 1.73 bits per heavy atom. The summed E-state index contributed by atoms with van der Waals surface area (Å²) in [4.78, 5) is 11.1. The van der Waals surface area contributed by atoms with Crippen molar-refractivity contribution in [2.75, 3.05) is 5.32 Å². The minimum atomic E-state index is 0.696. The van der Waals surface area contributed by atoms with Crippen LogP contribution < -0.4 is 5.32 Å². The number of allylic oxidation sites excluding steroid dienone is 2. The van der Waals surface area contributed by atoms with E-state index in [2.05, 4.69) is 29.6 Å². The molecule has 0 radical (unpaired) electrons. The Morgan fingerprint density at radius 3 is 2.55 bits per heavy atom. The van der Waals surface area contributed by atoms with E-state index in [1.807, 2.05) is 55.5 Å². The predicted molar refractivity (Wildman–Crippen MR) is 93.4 cm³/mol. The molecule has 2 nitrogen and oxygen atoms in total. The van der Waals surface area contributed by atoms with Gasteiger partial charge in [0.25, 0.3) is 0 Å². The molecular formula is C20H17NO. The number of hydrogen-bond donors (Lipinski definition) is 1. The monoisotopic (exact) mass is 287 g/mol. The molecule has 0 amide bonds. The van der Waals surface area contributed by atoms with Gasteiger partial charge >= 0.3 is 0 Å². The highest BCUT2D eigenvalue weighted by molar-refractivity contribution is 6.07. The highest BCUT2D eigenvalue weighted by atomic mass is 16.1. The molecule has 0 saturated heterocycles. The molecule has 0 aromatic heterocycles. The molecule has 0 heterocycles. The first-order chi connectivity index (χ1) is 10.8. The summed E-state index contributed by atoms with van der Waals surface area (Å²) in [6.45, 7) is 1.87. The zero-order valence-electron chi connectivity index (χ0n) is 12.4. The van der Waals surface area contributed by atoms with Crippen LogP contribution in [0.3, 0.4) is 0 Å². The Hall–Kier alpha value is -2.87. The van der Waals surface area contributed by atoms with Crippen LogP contribution in [0.1, 0.15) is 12.5 Å². The van der Waals surface area contributed by atoms with Crippen LogP contribution in [0.15, 0.2) is 72.8 Å². The molecule has 0 aliphatic rings. The zero-order chi connectivity index (χ0) is 15.4. The molecule has 22 heavy (non-hydrogen) atoms. The summed E-state index contributed by atoms with van der Waals surface area (Å²) < 4.78 is 0. The van der Waals surface area contributed by atoms with Gasteiger partial charge in [-0.2, -0.15) is 0 Å². The fraction of sp³-hybridized carbons (Fsp3) is 0.0500. The molecular weight excluding hydrogens is 270 g/mol. The third-order valence-corrected chi connectivity index (χ3v) is 3.70. The lowest BCUT2D eigenvalue weighted by atomic mass is 10.1. The third kappa shape index (κ3) is 2.77. The number of rotatable bonds is 4. The van der Waals surface area contributed by atoms with E-state index in [0.717, 1.165) is 23.2 Å². The molecule has 3 rings (SSSR count). The highest BCUT2D eigenvalue weighted by Crippen LogP contribution is 2.27. The van der Waals surface area contributed by atoms with E-state index < -0.39 is 0 Å². The Morgan fingerprint density at radius 1 is 0.955 bits per heavy atom. The van der Waals surface area contributed by atoms with Crippen molar-refractivity contribution in [2.45, 2.75) is 6.92 Å². The first kappa shape index (κ1) is 14.1. The Balaban J connectivity index is 1.99. The number of carbonyl (C=O) groups excluding carboxylic acids is 1. The quantitative estimate of drug-likeness (QED) is 0.529. The van der Waals surface area contributed by atoms with Crippen LogP contribution >= 0.6 is 0 Å². The maximum Gasteiger partial charge on any atom is 0.150 e. The molecule has 3 aromatic rings. The topological polar surface area (TPSA) is 29.1 Å². The standard InChI is InChI=1S/C20H17NO/c1-2-15(14-22)17-9-5-10-18(13-17)21-20-12-6-8-16-7-3-4-11-19(16)20/h2-14,21H,1H3/b15-2-. The average molecular weight is 287 g/mol. The summed E-state index contributed by atoms with van der Waals surface area (Å²) in [6, 6.07) is 22.4. The van der Waals surface area contributed by atoms with Gasteiger partial charge in [-0.15, -0.1) is 0 Å². The first-order valence-electron chi connectivity index (χ1n) is 7.28. The second-order valence-electron chi connectivity index (χ2n) is 5.09. The minimum absolute atomic E-state index is 0.696.